The van der Waals surface area contributed by atoms with Gasteiger partial charge in [0.05, 0.1) is 15.9 Å². The summed E-state index contributed by atoms with van der Waals surface area (Å²) in [4.78, 5) is 13.4. The summed E-state index contributed by atoms with van der Waals surface area (Å²) in [7, 11) is 3.65. The van der Waals surface area contributed by atoms with Crippen molar-refractivity contribution >= 4 is 22.0 Å². The minimum absolute atomic E-state index is 0.304. The van der Waals surface area contributed by atoms with Gasteiger partial charge in [0, 0.05) is 33.7 Å². The molecule has 0 atom stereocenters. The van der Waals surface area contributed by atoms with Crippen LogP contribution in [0.25, 0.3) is 0 Å². The van der Waals surface area contributed by atoms with E-state index in [1.54, 1.807) is 11.9 Å². The Morgan fingerprint density at radius 2 is 2.10 bits per heavy atom. The molecule has 6 nitrogen and oxygen atoms in total. The van der Waals surface area contributed by atoms with Crippen molar-refractivity contribution in [3.8, 4) is 0 Å². The number of aromatic nitrogens is 2. The lowest BCUT2D eigenvalue weighted by Gasteiger charge is -2.24. The second-order valence-corrected chi connectivity index (χ2v) is 6.84. The Kier molecular flexibility index (Phi) is 6.22. The quantitative estimate of drug-likeness (QED) is 0.819. The van der Waals surface area contributed by atoms with E-state index in [0.29, 0.717) is 19.6 Å². The average Bonchev–Trinajstić information content (AvgIpc) is 2.57. The van der Waals surface area contributed by atoms with Crippen molar-refractivity contribution in [1.82, 2.24) is 20.0 Å². The largest absolute Gasteiger partial charge is 0.444 e. The number of nitrogens with zero attached hydrogens (tertiary/aromatic N) is 3. The van der Waals surface area contributed by atoms with Gasteiger partial charge in [-0.25, -0.2) is 4.79 Å². The molecule has 21 heavy (non-hydrogen) atoms. The molecule has 1 aromatic rings. The summed E-state index contributed by atoms with van der Waals surface area (Å²) < 4.78 is 8.17. The number of carbonyl (C=O) groups excluding carboxylic acids is 1. The highest BCUT2D eigenvalue weighted by atomic mass is 79.9. The molecule has 7 heteroatoms. The minimum Gasteiger partial charge on any atom is -0.444 e. The number of nitrogens with one attached hydrogen (secondary N) is 1. The molecule has 1 amide bonds. The molecule has 0 spiro atoms. The Labute approximate surface area is 135 Å². The molecule has 0 saturated heterocycles. The van der Waals surface area contributed by atoms with Crippen LogP contribution in [0.3, 0.4) is 0 Å². The van der Waals surface area contributed by atoms with Gasteiger partial charge in [-0.05, 0) is 43.6 Å². The van der Waals surface area contributed by atoms with E-state index in [4.69, 9.17) is 4.74 Å². The highest BCUT2D eigenvalue weighted by Crippen LogP contribution is 2.19. The molecule has 0 aliphatic heterocycles. The number of carbonyl (C=O) groups is 1. The van der Waals surface area contributed by atoms with Crippen molar-refractivity contribution in [2.45, 2.75) is 39.8 Å². The van der Waals surface area contributed by atoms with Gasteiger partial charge in [0.25, 0.3) is 0 Å². The second-order valence-electron chi connectivity index (χ2n) is 6.05. The number of hydrogen-bond donors (Lipinski definition) is 1. The molecule has 0 saturated carbocycles. The monoisotopic (exact) mass is 360 g/mol. The van der Waals surface area contributed by atoms with Crippen LogP contribution in [0.4, 0.5) is 4.79 Å². The van der Waals surface area contributed by atoms with Crippen LogP contribution in [0.2, 0.25) is 0 Å². The van der Waals surface area contributed by atoms with E-state index in [2.05, 4.69) is 26.3 Å². The van der Waals surface area contributed by atoms with Crippen LogP contribution in [-0.4, -0.2) is 46.5 Å². The smallest absolute Gasteiger partial charge is 0.410 e. The van der Waals surface area contributed by atoms with Crippen LogP contribution in [0, 0.1) is 6.92 Å². The summed E-state index contributed by atoms with van der Waals surface area (Å²) in [6, 6.07) is 0. The first kappa shape index (κ1) is 18.0. The number of likely N-dealkylation sites (N-methyl/N-ethyl adjacent to an activating group) is 1. The zero-order valence-corrected chi connectivity index (χ0v) is 15.2. The van der Waals surface area contributed by atoms with Crippen molar-refractivity contribution in [1.29, 1.82) is 0 Å². The lowest BCUT2D eigenvalue weighted by Crippen LogP contribution is -2.38. The van der Waals surface area contributed by atoms with E-state index in [-0.39, 0.29) is 6.09 Å². The highest BCUT2D eigenvalue weighted by Gasteiger charge is 2.19. The van der Waals surface area contributed by atoms with E-state index in [1.807, 2.05) is 39.4 Å². The molecular weight excluding hydrogens is 336 g/mol. The molecule has 120 valence electrons. The zero-order chi connectivity index (χ0) is 16.2. The Hall–Kier alpha value is -1.08. The third-order valence-corrected chi connectivity index (χ3v) is 3.91. The third-order valence-electron chi connectivity index (χ3n) is 2.88. The topological polar surface area (TPSA) is 59.4 Å². The van der Waals surface area contributed by atoms with Gasteiger partial charge >= 0.3 is 6.09 Å². The maximum atomic E-state index is 11.8. The Bertz CT molecular complexity index is 494. The maximum absolute atomic E-state index is 11.8. The predicted molar refractivity (Wildman–Crippen MR) is 86.2 cm³/mol. The summed E-state index contributed by atoms with van der Waals surface area (Å²) >= 11 is 3.53. The van der Waals surface area contributed by atoms with Gasteiger partial charge in [0.1, 0.15) is 5.60 Å². The predicted octanol–water partition coefficient (Wildman–Crippen LogP) is 2.45. The molecule has 1 N–H and O–H groups in total. The molecule has 1 rings (SSSR count). The maximum Gasteiger partial charge on any atom is 0.410 e. The Morgan fingerprint density at radius 1 is 1.48 bits per heavy atom. The van der Waals surface area contributed by atoms with Crippen molar-refractivity contribution in [2.75, 3.05) is 20.1 Å². The van der Waals surface area contributed by atoms with E-state index in [0.717, 1.165) is 15.9 Å². The van der Waals surface area contributed by atoms with E-state index < -0.39 is 5.60 Å². The number of ether oxygens (including phenoxy) is 1. The van der Waals surface area contributed by atoms with Gasteiger partial charge in [-0.1, -0.05) is 0 Å². The van der Waals surface area contributed by atoms with Gasteiger partial charge in [-0.3, -0.25) is 4.68 Å². The summed E-state index contributed by atoms with van der Waals surface area (Å²) in [6.07, 6.45) is -0.304. The van der Waals surface area contributed by atoms with Crippen molar-refractivity contribution in [2.24, 2.45) is 7.05 Å². The average molecular weight is 361 g/mol. The van der Waals surface area contributed by atoms with Gasteiger partial charge in [0.2, 0.25) is 0 Å². The van der Waals surface area contributed by atoms with Gasteiger partial charge in [-0.15, -0.1) is 0 Å². The number of hydrogen-bond acceptors (Lipinski definition) is 4. The van der Waals surface area contributed by atoms with Gasteiger partial charge < -0.3 is 15.0 Å². The molecule has 0 aliphatic carbocycles. The summed E-state index contributed by atoms with van der Waals surface area (Å²) in [5, 5.41) is 7.64. The van der Waals surface area contributed by atoms with Crippen molar-refractivity contribution < 1.29 is 9.53 Å². The van der Waals surface area contributed by atoms with Crippen molar-refractivity contribution in [3.63, 3.8) is 0 Å². The van der Waals surface area contributed by atoms with Crippen LogP contribution in [0.1, 0.15) is 32.2 Å². The van der Waals surface area contributed by atoms with Crippen LogP contribution in [-0.2, 0) is 18.3 Å². The van der Waals surface area contributed by atoms with Crippen LogP contribution in [0.5, 0.6) is 0 Å². The molecule has 0 radical (unpaired) electrons. The molecule has 0 bridgehead atoms. The molecule has 1 heterocycles. The van der Waals surface area contributed by atoms with E-state index >= 15 is 0 Å². The minimum atomic E-state index is -0.462. The number of rotatable bonds is 5. The van der Waals surface area contributed by atoms with Crippen LogP contribution < -0.4 is 5.32 Å². The molecule has 0 unspecified atom stereocenters. The SMILES string of the molecule is Cc1nn(C)c(CNCCN(C)C(=O)OC(C)(C)C)c1Br. The summed E-state index contributed by atoms with van der Waals surface area (Å²) in [5.41, 5.74) is 1.60. The fourth-order valence-corrected chi connectivity index (χ4v) is 2.23. The zero-order valence-electron chi connectivity index (χ0n) is 13.7. The first-order valence-corrected chi connectivity index (χ1v) is 7.74. The summed E-state index contributed by atoms with van der Waals surface area (Å²) in [5.74, 6) is 0. The number of halogens is 1. The Balaban J connectivity index is 2.35. The van der Waals surface area contributed by atoms with E-state index in [1.165, 1.54) is 0 Å². The first-order chi connectivity index (χ1) is 9.61. The lowest BCUT2D eigenvalue weighted by molar-refractivity contribution is 0.0300. The van der Waals surface area contributed by atoms with E-state index in [9.17, 15) is 4.79 Å². The van der Waals surface area contributed by atoms with Crippen LogP contribution in [0.15, 0.2) is 4.47 Å². The van der Waals surface area contributed by atoms with Gasteiger partial charge in [0.15, 0.2) is 0 Å². The second kappa shape index (κ2) is 7.26. The molecule has 0 aliphatic rings. The fourth-order valence-electron chi connectivity index (χ4n) is 1.76. The number of amides is 1. The lowest BCUT2D eigenvalue weighted by atomic mass is 10.2. The third kappa shape index (κ3) is 5.67. The normalized spacial score (nSPS) is 11.6. The molecular formula is C14H25BrN4O2. The van der Waals surface area contributed by atoms with Crippen molar-refractivity contribution in [3.05, 3.63) is 15.9 Å². The Morgan fingerprint density at radius 3 is 2.57 bits per heavy atom. The number of aryl methyl sites for hydroxylation is 2. The molecule has 1 aromatic heterocycles. The van der Waals surface area contributed by atoms with Crippen LogP contribution >= 0.6 is 15.9 Å². The first-order valence-electron chi connectivity index (χ1n) is 6.94. The highest BCUT2D eigenvalue weighted by molar-refractivity contribution is 9.10. The molecule has 0 aromatic carbocycles. The summed E-state index contributed by atoms with van der Waals surface area (Å²) in [6.45, 7) is 9.51. The molecule has 0 fully saturated rings. The standard InChI is InChI=1S/C14H25BrN4O2/c1-10-12(15)11(19(6)17-10)9-16-7-8-18(5)13(20)21-14(2,3)4/h16H,7-9H2,1-6H3. The fraction of sp³-hybridized carbons (Fsp3) is 0.714. The van der Waals surface area contributed by atoms with Gasteiger partial charge in [-0.2, -0.15) is 5.10 Å².